The van der Waals surface area contributed by atoms with Gasteiger partial charge in [0.2, 0.25) is 11.9 Å². The molecule has 19 heavy (non-hydrogen) atoms. The zero-order chi connectivity index (χ0) is 14.0. The molecule has 2 heterocycles. The first kappa shape index (κ1) is 13.8. The van der Waals surface area contributed by atoms with E-state index >= 15 is 0 Å². The molecule has 0 radical (unpaired) electrons. The molecule has 1 amide bonds. The molecule has 2 aromatic rings. The van der Waals surface area contributed by atoms with Crippen LogP contribution in [0.1, 0.15) is 13.8 Å². The summed E-state index contributed by atoms with van der Waals surface area (Å²) in [6.45, 7) is 4.86. The summed E-state index contributed by atoms with van der Waals surface area (Å²) < 4.78 is 2.44. The molecule has 0 atom stereocenters. The number of nitrogens with two attached hydrogens (primary N) is 1. The van der Waals surface area contributed by atoms with Crippen LogP contribution in [-0.2, 0) is 11.3 Å². The van der Waals surface area contributed by atoms with Crippen molar-refractivity contribution in [3.05, 3.63) is 16.7 Å². The van der Waals surface area contributed by atoms with Crippen molar-refractivity contribution in [1.29, 1.82) is 0 Å². The summed E-state index contributed by atoms with van der Waals surface area (Å²) in [5.74, 6) is 0.611. The lowest BCUT2D eigenvalue weighted by Crippen LogP contribution is -2.31. The van der Waals surface area contributed by atoms with Crippen molar-refractivity contribution in [1.82, 2.24) is 19.9 Å². The molecule has 0 spiro atoms. The standard InChI is InChI=1S/C12H16BrN5O/c1-7(2)4-15-10(19)6-18-11-9(17-12(18)14)3-8(13)5-16-11/h3,5,7H,4,6H2,1-2H3,(H2,14,17)(H,15,19). The number of rotatable bonds is 4. The van der Waals surface area contributed by atoms with Crippen LogP contribution in [0.2, 0.25) is 0 Å². The quantitative estimate of drug-likeness (QED) is 0.892. The Morgan fingerprint density at radius 2 is 2.32 bits per heavy atom. The lowest BCUT2D eigenvalue weighted by atomic mass is 10.2. The number of hydrogen-bond donors (Lipinski definition) is 2. The van der Waals surface area contributed by atoms with Gasteiger partial charge in [0.15, 0.2) is 5.65 Å². The Morgan fingerprint density at radius 1 is 1.58 bits per heavy atom. The van der Waals surface area contributed by atoms with E-state index in [1.165, 1.54) is 0 Å². The highest BCUT2D eigenvalue weighted by Crippen LogP contribution is 2.19. The van der Waals surface area contributed by atoms with Gasteiger partial charge in [0.1, 0.15) is 12.1 Å². The maximum Gasteiger partial charge on any atom is 0.240 e. The number of carbonyl (C=O) groups is 1. The maximum absolute atomic E-state index is 11.8. The number of hydrogen-bond acceptors (Lipinski definition) is 4. The second-order valence-electron chi connectivity index (χ2n) is 4.75. The fraction of sp³-hybridized carbons (Fsp3) is 0.417. The maximum atomic E-state index is 11.8. The van der Waals surface area contributed by atoms with Gasteiger partial charge in [-0.25, -0.2) is 9.97 Å². The van der Waals surface area contributed by atoms with E-state index in [4.69, 9.17) is 5.73 Å². The van der Waals surface area contributed by atoms with Crippen molar-refractivity contribution in [2.45, 2.75) is 20.4 Å². The predicted octanol–water partition coefficient (Wildman–Crippen LogP) is 1.55. The van der Waals surface area contributed by atoms with Gasteiger partial charge in [0.05, 0.1) is 0 Å². The van der Waals surface area contributed by atoms with Gasteiger partial charge in [-0.1, -0.05) is 13.8 Å². The third-order valence-corrected chi connectivity index (χ3v) is 3.02. The van der Waals surface area contributed by atoms with Gasteiger partial charge >= 0.3 is 0 Å². The molecule has 3 N–H and O–H groups in total. The fourth-order valence-corrected chi connectivity index (χ4v) is 2.00. The molecule has 0 unspecified atom stereocenters. The third-order valence-electron chi connectivity index (χ3n) is 2.59. The molecule has 0 aliphatic carbocycles. The van der Waals surface area contributed by atoms with Crippen molar-refractivity contribution in [2.24, 2.45) is 5.92 Å². The van der Waals surface area contributed by atoms with Crippen LogP contribution < -0.4 is 11.1 Å². The highest BCUT2D eigenvalue weighted by atomic mass is 79.9. The molecule has 0 saturated carbocycles. The van der Waals surface area contributed by atoms with Crippen LogP contribution in [0.15, 0.2) is 16.7 Å². The molecule has 0 aliphatic rings. The Bertz CT molecular complexity index is 607. The largest absolute Gasteiger partial charge is 0.369 e. The Morgan fingerprint density at radius 3 is 3.00 bits per heavy atom. The van der Waals surface area contributed by atoms with E-state index in [-0.39, 0.29) is 12.5 Å². The minimum atomic E-state index is -0.0931. The first-order valence-corrected chi connectivity index (χ1v) is 6.80. The molecule has 2 aromatic heterocycles. The van der Waals surface area contributed by atoms with Crippen LogP contribution in [0.4, 0.5) is 5.95 Å². The van der Waals surface area contributed by atoms with E-state index in [0.29, 0.717) is 29.6 Å². The van der Waals surface area contributed by atoms with E-state index in [1.807, 2.05) is 19.9 Å². The highest BCUT2D eigenvalue weighted by molar-refractivity contribution is 9.10. The molecule has 2 rings (SSSR count). The first-order valence-electron chi connectivity index (χ1n) is 6.01. The Kier molecular flexibility index (Phi) is 4.04. The molecule has 7 heteroatoms. The van der Waals surface area contributed by atoms with E-state index < -0.39 is 0 Å². The van der Waals surface area contributed by atoms with Gasteiger partial charge in [-0.2, -0.15) is 0 Å². The van der Waals surface area contributed by atoms with Crippen molar-refractivity contribution >= 4 is 38.9 Å². The van der Waals surface area contributed by atoms with Crippen molar-refractivity contribution in [2.75, 3.05) is 12.3 Å². The molecule has 0 aromatic carbocycles. The number of imidazole rings is 1. The summed E-state index contributed by atoms with van der Waals surface area (Å²) in [5.41, 5.74) is 7.11. The first-order chi connectivity index (χ1) is 8.97. The normalized spacial score (nSPS) is 11.2. The molecular formula is C12H16BrN5O. The molecule has 0 aliphatic heterocycles. The molecule has 0 bridgehead atoms. The van der Waals surface area contributed by atoms with Crippen LogP contribution in [0, 0.1) is 5.92 Å². The second kappa shape index (κ2) is 5.56. The van der Waals surface area contributed by atoms with Crippen LogP contribution in [0.3, 0.4) is 0 Å². The molecule has 6 nitrogen and oxygen atoms in total. The van der Waals surface area contributed by atoms with Gasteiger partial charge in [0.25, 0.3) is 0 Å². The zero-order valence-corrected chi connectivity index (χ0v) is 12.4. The van der Waals surface area contributed by atoms with Gasteiger partial charge in [0, 0.05) is 17.2 Å². The van der Waals surface area contributed by atoms with Gasteiger partial charge in [-0.15, -0.1) is 0 Å². The van der Waals surface area contributed by atoms with Crippen LogP contribution in [0.5, 0.6) is 0 Å². The fourth-order valence-electron chi connectivity index (χ4n) is 1.68. The lowest BCUT2D eigenvalue weighted by molar-refractivity contribution is -0.121. The average molecular weight is 326 g/mol. The van der Waals surface area contributed by atoms with Crippen LogP contribution in [-0.4, -0.2) is 27.0 Å². The minimum absolute atomic E-state index is 0.0931. The number of carbonyl (C=O) groups excluding carboxylic acids is 1. The summed E-state index contributed by atoms with van der Waals surface area (Å²) >= 11 is 3.33. The van der Waals surface area contributed by atoms with Gasteiger partial charge in [-0.05, 0) is 27.9 Å². The number of nitrogen functional groups attached to an aromatic ring is 1. The topological polar surface area (TPSA) is 85.8 Å². The zero-order valence-electron chi connectivity index (χ0n) is 10.9. The number of halogens is 1. The Hall–Kier alpha value is -1.63. The van der Waals surface area contributed by atoms with Crippen molar-refractivity contribution in [3.63, 3.8) is 0 Å². The number of pyridine rings is 1. The predicted molar refractivity (Wildman–Crippen MR) is 77.5 cm³/mol. The minimum Gasteiger partial charge on any atom is -0.369 e. The number of fused-ring (bicyclic) bond motifs is 1. The van der Waals surface area contributed by atoms with E-state index in [0.717, 1.165) is 4.47 Å². The smallest absolute Gasteiger partial charge is 0.240 e. The van der Waals surface area contributed by atoms with E-state index in [2.05, 4.69) is 31.2 Å². The Balaban J connectivity index is 2.20. The number of nitrogens with zero attached hydrogens (tertiary/aromatic N) is 3. The molecular weight excluding hydrogens is 310 g/mol. The molecule has 0 saturated heterocycles. The lowest BCUT2D eigenvalue weighted by Gasteiger charge is -2.09. The Labute approximate surface area is 119 Å². The highest BCUT2D eigenvalue weighted by Gasteiger charge is 2.13. The summed E-state index contributed by atoms with van der Waals surface area (Å²) in [7, 11) is 0. The molecule has 0 fully saturated rings. The van der Waals surface area contributed by atoms with E-state index in [1.54, 1.807) is 10.8 Å². The van der Waals surface area contributed by atoms with Gasteiger partial charge in [-0.3, -0.25) is 9.36 Å². The number of aromatic nitrogens is 3. The van der Waals surface area contributed by atoms with Crippen molar-refractivity contribution in [3.8, 4) is 0 Å². The summed E-state index contributed by atoms with van der Waals surface area (Å²) in [6, 6.07) is 1.82. The second-order valence-corrected chi connectivity index (χ2v) is 5.67. The number of amides is 1. The summed E-state index contributed by atoms with van der Waals surface area (Å²) in [6.07, 6.45) is 1.66. The van der Waals surface area contributed by atoms with Gasteiger partial charge < -0.3 is 11.1 Å². The summed E-state index contributed by atoms with van der Waals surface area (Å²) in [5, 5.41) is 2.84. The van der Waals surface area contributed by atoms with Crippen LogP contribution in [0.25, 0.3) is 11.2 Å². The molecule has 102 valence electrons. The van der Waals surface area contributed by atoms with E-state index in [9.17, 15) is 4.79 Å². The monoisotopic (exact) mass is 325 g/mol. The summed E-state index contributed by atoms with van der Waals surface area (Å²) in [4.78, 5) is 20.3. The van der Waals surface area contributed by atoms with Crippen LogP contribution >= 0.6 is 15.9 Å². The average Bonchev–Trinajstić information content (AvgIpc) is 2.62. The number of anilines is 1. The SMILES string of the molecule is CC(C)CNC(=O)Cn1c(N)nc2cc(Br)cnc21. The third kappa shape index (κ3) is 3.23. The van der Waals surface area contributed by atoms with Crippen molar-refractivity contribution < 1.29 is 4.79 Å². The number of nitrogens with one attached hydrogen (secondary N) is 1.